The van der Waals surface area contributed by atoms with Gasteiger partial charge in [-0.05, 0) is 38.5 Å². The predicted octanol–water partition coefficient (Wildman–Crippen LogP) is 4.63. The van der Waals surface area contributed by atoms with Gasteiger partial charge in [-0.15, -0.1) is 5.92 Å². The maximum absolute atomic E-state index is 12.4. The molecule has 0 aliphatic rings. The molecule has 1 aromatic heterocycles. The summed E-state index contributed by atoms with van der Waals surface area (Å²) in [7, 11) is 0. The molecule has 1 unspecified atom stereocenters. The third-order valence-corrected chi connectivity index (χ3v) is 4.95. The van der Waals surface area contributed by atoms with Crippen LogP contribution in [0, 0.1) is 11.8 Å². The minimum Gasteiger partial charge on any atom is -0.428 e. The average molecular weight is 418 g/mol. The Labute approximate surface area is 181 Å². The van der Waals surface area contributed by atoms with Crippen molar-refractivity contribution in [3.63, 3.8) is 0 Å². The van der Waals surface area contributed by atoms with Crippen LogP contribution < -0.4 is 15.8 Å². The smallest absolute Gasteiger partial charge is 0.409 e. The summed E-state index contributed by atoms with van der Waals surface area (Å²) in [6, 6.07) is 16.5. The highest BCUT2D eigenvalue weighted by molar-refractivity contribution is 5.84. The zero-order valence-electron chi connectivity index (χ0n) is 18.0. The lowest BCUT2D eigenvalue weighted by Gasteiger charge is -2.21. The molecule has 3 aromatic rings. The zero-order chi connectivity index (χ0) is 22.2. The number of carbonyl (C=O) groups excluding carboxylic acids is 1. The minimum atomic E-state index is -0.897. The molecule has 1 amide bonds. The van der Waals surface area contributed by atoms with Gasteiger partial charge in [-0.2, -0.15) is 0 Å². The third kappa shape index (κ3) is 5.46. The summed E-state index contributed by atoms with van der Waals surface area (Å²) < 4.78 is 11.0. The number of rotatable bonds is 7. The van der Waals surface area contributed by atoms with Gasteiger partial charge in [0.15, 0.2) is 6.10 Å². The number of hydrogen-bond acceptors (Lipinski definition) is 5. The molecule has 0 radical (unpaired) electrons. The van der Waals surface area contributed by atoms with E-state index in [4.69, 9.17) is 9.15 Å². The molecule has 0 aliphatic carbocycles. The highest BCUT2D eigenvalue weighted by atomic mass is 16.6. The van der Waals surface area contributed by atoms with Crippen LogP contribution in [0.4, 0.5) is 10.5 Å². The molecule has 6 nitrogen and oxygen atoms in total. The number of amides is 1. The van der Waals surface area contributed by atoms with Gasteiger partial charge in [0, 0.05) is 48.4 Å². The number of anilines is 1. The summed E-state index contributed by atoms with van der Waals surface area (Å²) in [4.78, 5) is 26.8. The fraction of sp³-hybridized carbons (Fsp3) is 0.280. The second-order valence-corrected chi connectivity index (χ2v) is 6.89. The van der Waals surface area contributed by atoms with Gasteiger partial charge in [0.25, 0.3) is 0 Å². The van der Waals surface area contributed by atoms with Crippen molar-refractivity contribution < 1.29 is 13.9 Å². The summed E-state index contributed by atoms with van der Waals surface area (Å²) in [6.45, 7) is 7.78. The van der Waals surface area contributed by atoms with Crippen molar-refractivity contribution in [3.8, 4) is 11.8 Å². The molecule has 0 aliphatic heterocycles. The molecule has 1 atom stereocenters. The van der Waals surface area contributed by atoms with Crippen molar-refractivity contribution in [2.75, 3.05) is 18.0 Å². The normalized spacial score (nSPS) is 11.3. The van der Waals surface area contributed by atoms with E-state index in [0.717, 1.165) is 24.3 Å². The molecule has 0 saturated carbocycles. The van der Waals surface area contributed by atoms with Gasteiger partial charge in [-0.1, -0.05) is 36.3 Å². The molecule has 31 heavy (non-hydrogen) atoms. The van der Waals surface area contributed by atoms with Crippen LogP contribution >= 0.6 is 0 Å². The maximum Gasteiger partial charge on any atom is 0.409 e. The van der Waals surface area contributed by atoms with Gasteiger partial charge < -0.3 is 19.4 Å². The molecule has 2 aromatic carbocycles. The first kappa shape index (κ1) is 22.0. The Morgan fingerprint density at radius 2 is 1.87 bits per heavy atom. The fourth-order valence-corrected chi connectivity index (χ4v) is 3.40. The topological polar surface area (TPSA) is 71.8 Å². The summed E-state index contributed by atoms with van der Waals surface area (Å²) in [5, 5.41) is 3.40. The number of carbonyl (C=O) groups is 1. The maximum atomic E-state index is 12.4. The standard InChI is InChI=1S/C25H26N2O4/c1-4-10-22(31-25(29)26-17-18-11-8-7-9-12-18)21-16-24(28)30-23-15-19(13-14-20(21)23)27(5-2)6-3/h7-9,11-16,22H,5-6,17H2,1-3H3,(H,26,29). The van der Waals surface area contributed by atoms with Crippen LogP contribution in [0.15, 0.2) is 63.8 Å². The van der Waals surface area contributed by atoms with Crippen molar-refractivity contribution in [3.05, 3.63) is 76.1 Å². The van der Waals surface area contributed by atoms with Gasteiger partial charge in [0.05, 0.1) is 0 Å². The summed E-state index contributed by atoms with van der Waals surface area (Å²) >= 11 is 0. The Hall–Kier alpha value is -3.72. The minimum absolute atomic E-state index is 0.330. The van der Waals surface area contributed by atoms with Crippen LogP contribution in [0.25, 0.3) is 11.0 Å². The third-order valence-electron chi connectivity index (χ3n) is 4.95. The molecule has 0 bridgehead atoms. The average Bonchev–Trinajstić information content (AvgIpc) is 2.78. The van der Waals surface area contributed by atoms with Crippen LogP contribution in [0.2, 0.25) is 0 Å². The largest absolute Gasteiger partial charge is 0.428 e. The monoisotopic (exact) mass is 418 g/mol. The van der Waals surface area contributed by atoms with Crippen molar-refractivity contribution in [2.24, 2.45) is 0 Å². The van der Waals surface area contributed by atoms with Crippen molar-refractivity contribution >= 4 is 22.7 Å². The lowest BCUT2D eigenvalue weighted by molar-refractivity contribution is 0.123. The molecule has 0 spiro atoms. The van der Waals surface area contributed by atoms with Crippen molar-refractivity contribution in [2.45, 2.75) is 33.4 Å². The van der Waals surface area contributed by atoms with Crippen molar-refractivity contribution in [1.82, 2.24) is 5.32 Å². The number of nitrogens with zero attached hydrogens (tertiary/aromatic N) is 1. The highest BCUT2D eigenvalue weighted by Crippen LogP contribution is 2.28. The lowest BCUT2D eigenvalue weighted by atomic mass is 10.0. The van der Waals surface area contributed by atoms with Gasteiger partial charge >= 0.3 is 11.7 Å². The van der Waals surface area contributed by atoms with E-state index in [2.05, 4.69) is 35.9 Å². The van der Waals surface area contributed by atoms with Crippen LogP contribution in [0.3, 0.4) is 0 Å². The van der Waals surface area contributed by atoms with E-state index >= 15 is 0 Å². The summed E-state index contributed by atoms with van der Waals surface area (Å²) in [5.74, 6) is 5.66. The molecule has 160 valence electrons. The number of fused-ring (bicyclic) bond motifs is 1. The Morgan fingerprint density at radius 1 is 1.13 bits per heavy atom. The molecule has 1 heterocycles. The second-order valence-electron chi connectivity index (χ2n) is 6.89. The summed E-state index contributed by atoms with van der Waals surface area (Å²) in [6.07, 6.45) is -1.51. The van der Waals surface area contributed by atoms with E-state index in [9.17, 15) is 9.59 Å². The predicted molar refractivity (Wildman–Crippen MR) is 122 cm³/mol. The molecule has 0 fully saturated rings. The van der Waals surface area contributed by atoms with E-state index in [-0.39, 0.29) is 0 Å². The highest BCUT2D eigenvalue weighted by Gasteiger charge is 2.20. The van der Waals surface area contributed by atoms with E-state index in [1.165, 1.54) is 6.07 Å². The first-order valence-corrected chi connectivity index (χ1v) is 10.3. The zero-order valence-corrected chi connectivity index (χ0v) is 18.0. The molecule has 0 saturated heterocycles. The van der Waals surface area contributed by atoms with Gasteiger partial charge in [-0.3, -0.25) is 0 Å². The number of benzene rings is 2. The van der Waals surface area contributed by atoms with E-state index in [1.54, 1.807) is 6.92 Å². The Bertz CT molecular complexity index is 1150. The van der Waals surface area contributed by atoms with Crippen LogP contribution in [-0.2, 0) is 11.3 Å². The lowest BCUT2D eigenvalue weighted by Crippen LogP contribution is -2.25. The number of ether oxygens (including phenoxy) is 1. The fourth-order valence-electron chi connectivity index (χ4n) is 3.40. The van der Waals surface area contributed by atoms with Crippen LogP contribution in [0.1, 0.15) is 38.0 Å². The Kier molecular flexibility index (Phi) is 7.34. The van der Waals surface area contributed by atoms with E-state index in [1.807, 2.05) is 48.5 Å². The first-order chi connectivity index (χ1) is 15.0. The van der Waals surface area contributed by atoms with Gasteiger partial charge in [-0.25, -0.2) is 9.59 Å². The van der Waals surface area contributed by atoms with Gasteiger partial charge in [0.1, 0.15) is 5.58 Å². The number of hydrogen-bond donors (Lipinski definition) is 1. The Morgan fingerprint density at radius 3 is 2.55 bits per heavy atom. The number of alkyl carbamates (subject to hydrolysis) is 1. The molecule has 6 heteroatoms. The number of nitrogens with one attached hydrogen (secondary N) is 1. The summed E-state index contributed by atoms with van der Waals surface area (Å²) in [5.41, 5.74) is 2.32. The van der Waals surface area contributed by atoms with Gasteiger partial charge in [0.2, 0.25) is 0 Å². The first-order valence-electron chi connectivity index (χ1n) is 10.3. The van der Waals surface area contributed by atoms with E-state index in [0.29, 0.717) is 23.1 Å². The second kappa shape index (κ2) is 10.4. The molecular formula is C25H26N2O4. The van der Waals surface area contributed by atoms with Crippen LogP contribution in [0.5, 0.6) is 0 Å². The van der Waals surface area contributed by atoms with Crippen LogP contribution in [-0.4, -0.2) is 19.2 Å². The molecular weight excluding hydrogens is 392 g/mol. The van der Waals surface area contributed by atoms with Crippen molar-refractivity contribution in [1.29, 1.82) is 0 Å². The quantitative estimate of drug-likeness (QED) is 0.447. The van der Waals surface area contributed by atoms with E-state index < -0.39 is 17.8 Å². The molecule has 3 rings (SSSR count). The Balaban J connectivity index is 1.89. The SMILES string of the molecule is CC#CC(OC(=O)NCc1ccccc1)c1cc(=O)oc2cc(N(CC)CC)ccc12. The molecule has 1 N–H and O–H groups in total.